The van der Waals surface area contributed by atoms with Crippen molar-refractivity contribution in [3.05, 3.63) is 44.9 Å². The van der Waals surface area contributed by atoms with Gasteiger partial charge in [0.15, 0.2) is 0 Å². The summed E-state index contributed by atoms with van der Waals surface area (Å²) in [5.74, 6) is -0.357. The highest BCUT2D eigenvalue weighted by Gasteiger charge is 2.23. The summed E-state index contributed by atoms with van der Waals surface area (Å²) in [6, 6.07) is 5.18. The summed E-state index contributed by atoms with van der Waals surface area (Å²) in [6.07, 6.45) is 0. The average Bonchev–Trinajstić information content (AvgIpc) is 3.05. The molecule has 0 unspecified atom stereocenters. The molecule has 1 fully saturated rings. The Morgan fingerprint density at radius 2 is 2.04 bits per heavy atom. The van der Waals surface area contributed by atoms with Crippen LogP contribution in [0.5, 0.6) is 0 Å². The standard InChI is InChI=1S/C20H24N4O3S/c1-11(2)19-22-13(4)17(28-19)18(26)23-15-9-14(6-5-12(15)3)20(27)24-8-7-21-16(25)10-24/h5-6,9,11H,7-8,10H2,1-4H3,(H,21,25)(H,23,26). The zero-order valence-electron chi connectivity index (χ0n) is 16.5. The van der Waals surface area contributed by atoms with E-state index in [1.54, 1.807) is 18.2 Å². The topological polar surface area (TPSA) is 91.4 Å². The van der Waals surface area contributed by atoms with Gasteiger partial charge in [0.25, 0.3) is 11.8 Å². The summed E-state index contributed by atoms with van der Waals surface area (Å²) < 4.78 is 0. The lowest BCUT2D eigenvalue weighted by atomic mass is 10.1. The SMILES string of the molecule is Cc1ccc(C(=O)N2CCNC(=O)C2)cc1NC(=O)c1sc(C(C)C)nc1C. The number of hydrogen-bond donors (Lipinski definition) is 2. The number of piperazine rings is 1. The molecular formula is C20H24N4O3S. The van der Waals surface area contributed by atoms with Gasteiger partial charge in [0.05, 0.1) is 17.2 Å². The Hall–Kier alpha value is -2.74. The van der Waals surface area contributed by atoms with Gasteiger partial charge < -0.3 is 15.5 Å². The zero-order chi connectivity index (χ0) is 20.4. The van der Waals surface area contributed by atoms with Gasteiger partial charge >= 0.3 is 0 Å². The molecule has 1 aliphatic heterocycles. The predicted octanol–water partition coefficient (Wildman–Crippen LogP) is 2.71. The molecule has 3 rings (SSSR count). The second-order valence-corrected chi connectivity index (χ2v) is 8.21. The van der Waals surface area contributed by atoms with Crippen LogP contribution in [0.25, 0.3) is 0 Å². The van der Waals surface area contributed by atoms with Crippen LogP contribution in [0.2, 0.25) is 0 Å². The van der Waals surface area contributed by atoms with Crippen molar-refractivity contribution >= 4 is 34.7 Å². The summed E-state index contributed by atoms with van der Waals surface area (Å²) in [4.78, 5) is 43.6. The van der Waals surface area contributed by atoms with Gasteiger partial charge in [-0.25, -0.2) is 4.98 Å². The molecule has 2 aromatic rings. The smallest absolute Gasteiger partial charge is 0.267 e. The molecule has 0 spiro atoms. The van der Waals surface area contributed by atoms with Crippen LogP contribution in [0.4, 0.5) is 5.69 Å². The molecule has 1 saturated heterocycles. The lowest BCUT2D eigenvalue weighted by molar-refractivity contribution is -0.123. The van der Waals surface area contributed by atoms with Gasteiger partial charge in [-0.15, -0.1) is 11.3 Å². The molecule has 7 nitrogen and oxygen atoms in total. The maximum absolute atomic E-state index is 12.8. The number of carbonyl (C=O) groups excluding carboxylic acids is 3. The van der Waals surface area contributed by atoms with E-state index in [4.69, 9.17) is 0 Å². The summed E-state index contributed by atoms with van der Waals surface area (Å²) >= 11 is 1.39. The normalized spacial score (nSPS) is 14.2. The van der Waals surface area contributed by atoms with E-state index >= 15 is 0 Å². The Balaban J connectivity index is 1.81. The van der Waals surface area contributed by atoms with E-state index in [2.05, 4.69) is 15.6 Å². The molecule has 0 aliphatic carbocycles. The van der Waals surface area contributed by atoms with Crippen LogP contribution in [-0.2, 0) is 4.79 Å². The van der Waals surface area contributed by atoms with Crippen LogP contribution < -0.4 is 10.6 Å². The van der Waals surface area contributed by atoms with Crippen LogP contribution in [0.1, 0.15) is 56.1 Å². The van der Waals surface area contributed by atoms with Gasteiger partial charge in [0, 0.05) is 30.3 Å². The molecule has 0 bridgehead atoms. The third-order valence-corrected chi connectivity index (χ3v) is 6.03. The molecule has 0 radical (unpaired) electrons. The van der Waals surface area contributed by atoms with Crippen molar-refractivity contribution in [2.45, 2.75) is 33.6 Å². The van der Waals surface area contributed by atoms with Crippen molar-refractivity contribution in [2.75, 3.05) is 25.0 Å². The van der Waals surface area contributed by atoms with E-state index in [-0.39, 0.29) is 30.2 Å². The molecule has 1 aromatic heterocycles. The fourth-order valence-corrected chi connectivity index (χ4v) is 3.90. The van der Waals surface area contributed by atoms with Crippen molar-refractivity contribution in [1.29, 1.82) is 0 Å². The van der Waals surface area contributed by atoms with Crippen LogP contribution in [0.15, 0.2) is 18.2 Å². The third kappa shape index (κ3) is 4.22. The highest BCUT2D eigenvalue weighted by Crippen LogP contribution is 2.26. The number of amides is 3. The number of hydrogen-bond acceptors (Lipinski definition) is 5. The van der Waals surface area contributed by atoms with E-state index in [1.165, 1.54) is 16.2 Å². The van der Waals surface area contributed by atoms with Crippen molar-refractivity contribution in [3.63, 3.8) is 0 Å². The van der Waals surface area contributed by atoms with E-state index in [0.29, 0.717) is 34.9 Å². The first-order valence-electron chi connectivity index (χ1n) is 9.21. The van der Waals surface area contributed by atoms with E-state index in [9.17, 15) is 14.4 Å². The number of nitrogens with zero attached hydrogens (tertiary/aromatic N) is 2. The predicted molar refractivity (Wildman–Crippen MR) is 109 cm³/mol. The van der Waals surface area contributed by atoms with Crippen molar-refractivity contribution < 1.29 is 14.4 Å². The monoisotopic (exact) mass is 400 g/mol. The number of aryl methyl sites for hydroxylation is 2. The first kappa shape index (κ1) is 20.0. The Morgan fingerprint density at radius 3 is 2.68 bits per heavy atom. The van der Waals surface area contributed by atoms with Crippen LogP contribution >= 0.6 is 11.3 Å². The molecule has 8 heteroatoms. The molecule has 0 saturated carbocycles. The maximum Gasteiger partial charge on any atom is 0.267 e. The van der Waals surface area contributed by atoms with Gasteiger partial charge in [-0.3, -0.25) is 14.4 Å². The minimum absolute atomic E-state index is 0.0481. The fraction of sp³-hybridized carbons (Fsp3) is 0.400. The van der Waals surface area contributed by atoms with Gasteiger partial charge in [0.2, 0.25) is 5.91 Å². The largest absolute Gasteiger partial charge is 0.353 e. The zero-order valence-corrected chi connectivity index (χ0v) is 17.3. The number of thiazole rings is 1. The van der Waals surface area contributed by atoms with Gasteiger partial charge in [-0.1, -0.05) is 19.9 Å². The molecular weight excluding hydrogens is 376 g/mol. The van der Waals surface area contributed by atoms with Gasteiger partial charge in [0.1, 0.15) is 4.88 Å². The number of anilines is 1. The minimum Gasteiger partial charge on any atom is -0.353 e. The molecule has 1 aliphatic rings. The minimum atomic E-state index is -0.230. The number of carbonyl (C=O) groups is 3. The van der Waals surface area contributed by atoms with Gasteiger partial charge in [-0.05, 0) is 31.5 Å². The summed E-state index contributed by atoms with van der Waals surface area (Å²) in [5.41, 5.74) is 2.58. The van der Waals surface area contributed by atoms with Gasteiger partial charge in [-0.2, -0.15) is 0 Å². The lowest BCUT2D eigenvalue weighted by Gasteiger charge is -2.27. The summed E-state index contributed by atoms with van der Waals surface area (Å²) in [6.45, 7) is 8.75. The van der Waals surface area contributed by atoms with E-state index in [1.807, 2.05) is 27.7 Å². The number of aromatic nitrogens is 1. The van der Waals surface area contributed by atoms with Crippen LogP contribution in [0, 0.1) is 13.8 Å². The highest BCUT2D eigenvalue weighted by molar-refractivity contribution is 7.14. The van der Waals surface area contributed by atoms with Crippen molar-refractivity contribution in [1.82, 2.24) is 15.2 Å². The second kappa shape index (κ2) is 8.10. The molecule has 2 heterocycles. The second-order valence-electron chi connectivity index (χ2n) is 7.18. The Kier molecular flexibility index (Phi) is 5.79. The molecule has 1 aromatic carbocycles. The van der Waals surface area contributed by atoms with Crippen molar-refractivity contribution in [3.8, 4) is 0 Å². The lowest BCUT2D eigenvalue weighted by Crippen LogP contribution is -2.49. The Morgan fingerprint density at radius 1 is 1.29 bits per heavy atom. The van der Waals surface area contributed by atoms with E-state index in [0.717, 1.165) is 10.6 Å². The first-order chi connectivity index (χ1) is 13.3. The quantitative estimate of drug-likeness (QED) is 0.825. The maximum atomic E-state index is 12.8. The molecule has 2 N–H and O–H groups in total. The van der Waals surface area contributed by atoms with E-state index < -0.39 is 0 Å². The average molecular weight is 401 g/mol. The summed E-state index contributed by atoms with van der Waals surface area (Å²) in [5, 5.41) is 6.53. The number of rotatable bonds is 4. The number of nitrogens with one attached hydrogen (secondary N) is 2. The molecule has 28 heavy (non-hydrogen) atoms. The molecule has 3 amide bonds. The fourth-order valence-electron chi connectivity index (χ4n) is 2.94. The third-order valence-electron chi connectivity index (χ3n) is 4.57. The van der Waals surface area contributed by atoms with Crippen molar-refractivity contribution in [2.24, 2.45) is 0 Å². The first-order valence-corrected chi connectivity index (χ1v) is 10.0. The van der Waals surface area contributed by atoms with Crippen LogP contribution in [0.3, 0.4) is 0 Å². The molecule has 0 atom stereocenters. The highest BCUT2D eigenvalue weighted by atomic mass is 32.1. The molecule has 148 valence electrons. The Bertz CT molecular complexity index is 936. The summed E-state index contributed by atoms with van der Waals surface area (Å²) in [7, 11) is 0. The van der Waals surface area contributed by atoms with Crippen LogP contribution in [-0.4, -0.2) is 47.2 Å². The Labute approximate surface area is 168 Å². The number of benzene rings is 1.